The lowest BCUT2D eigenvalue weighted by Crippen LogP contribution is -2.20. The van der Waals surface area contributed by atoms with E-state index in [0.717, 1.165) is 40.2 Å². The number of benzene rings is 2. The maximum Gasteiger partial charge on any atom is 0.270 e. The van der Waals surface area contributed by atoms with Crippen LogP contribution < -0.4 is 4.80 Å². The fraction of sp³-hybridized carbons (Fsp3) is 0.400. The molecule has 1 aromatic heterocycles. The van der Waals surface area contributed by atoms with Gasteiger partial charge in [0, 0.05) is 29.1 Å². The maximum atomic E-state index is 11.3. The molecule has 0 fully saturated rings. The number of rotatable bonds is 8. The zero-order valence-corrected chi connectivity index (χ0v) is 19.8. The quantitative estimate of drug-likeness (QED) is 0.273. The van der Waals surface area contributed by atoms with E-state index in [2.05, 4.69) is 62.8 Å². The van der Waals surface area contributed by atoms with Gasteiger partial charge in [-0.2, -0.15) is 0 Å². The smallest absolute Gasteiger partial charge is 0.270 e. The van der Waals surface area contributed by atoms with E-state index in [-0.39, 0.29) is 16.7 Å². The molecule has 0 aliphatic rings. The van der Waals surface area contributed by atoms with Crippen LogP contribution in [0, 0.1) is 29.9 Å². The largest absolute Gasteiger partial charge is 0.314 e. The normalized spacial score (nSPS) is 13.0. The molecule has 0 bridgehead atoms. The van der Waals surface area contributed by atoms with Crippen molar-refractivity contribution >= 4 is 22.7 Å². The first-order valence-electron chi connectivity index (χ1n) is 10.8. The van der Waals surface area contributed by atoms with Crippen LogP contribution in [0.5, 0.6) is 0 Å². The van der Waals surface area contributed by atoms with Crippen LogP contribution in [-0.2, 0) is 0 Å². The van der Waals surface area contributed by atoms with Crippen LogP contribution in [0.25, 0.3) is 11.3 Å². The summed E-state index contributed by atoms with van der Waals surface area (Å²) in [6.45, 7) is 10.9. The van der Waals surface area contributed by atoms with Gasteiger partial charge in [0.2, 0.25) is 0 Å². The average Bonchev–Trinajstić information content (AvgIpc) is 3.13. The second-order valence-electron chi connectivity index (χ2n) is 8.66. The Bertz CT molecular complexity index is 1130. The summed E-state index contributed by atoms with van der Waals surface area (Å²) in [6, 6.07) is 13.4. The van der Waals surface area contributed by atoms with E-state index in [9.17, 15) is 10.1 Å². The zero-order chi connectivity index (χ0) is 22.5. The minimum Gasteiger partial charge on any atom is -0.314 e. The monoisotopic (exact) mass is 437 g/mol. The summed E-state index contributed by atoms with van der Waals surface area (Å²) in [5.41, 5.74) is 5.26. The second kappa shape index (κ2) is 10.1. The Morgan fingerprint density at radius 2 is 1.87 bits per heavy atom. The summed E-state index contributed by atoms with van der Waals surface area (Å²) in [4.78, 5) is 16.9. The molecule has 0 aliphatic carbocycles. The molecular weight excluding hydrogens is 406 g/mol. The zero-order valence-electron chi connectivity index (χ0n) is 19.0. The van der Waals surface area contributed by atoms with Gasteiger partial charge in [-0.1, -0.05) is 56.5 Å². The molecule has 1 atom stereocenters. The van der Waals surface area contributed by atoms with E-state index in [1.54, 1.807) is 23.5 Å². The topological polar surface area (TPSA) is 60.4 Å². The lowest BCUT2D eigenvalue weighted by molar-refractivity contribution is -0.384. The Balaban J connectivity index is 2.10. The summed E-state index contributed by atoms with van der Waals surface area (Å²) < 4.78 is 2.25. The molecule has 0 N–H and O–H groups in total. The van der Waals surface area contributed by atoms with Gasteiger partial charge in [-0.05, 0) is 44.7 Å². The first kappa shape index (κ1) is 22.9. The summed E-state index contributed by atoms with van der Waals surface area (Å²) in [7, 11) is 0. The van der Waals surface area contributed by atoms with Crippen LogP contribution in [-0.4, -0.2) is 9.49 Å². The summed E-state index contributed by atoms with van der Waals surface area (Å²) >= 11 is 1.59. The van der Waals surface area contributed by atoms with Crippen molar-refractivity contribution in [1.29, 1.82) is 0 Å². The molecule has 3 aromatic rings. The first-order valence-corrected chi connectivity index (χ1v) is 11.7. The van der Waals surface area contributed by atoms with E-state index in [1.807, 2.05) is 6.07 Å². The average molecular weight is 438 g/mol. The first-order chi connectivity index (χ1) is 14.8. The third-order valence-corrected chi connectivity index (χ3v) is 6.35. The number of hydrogen-bond donors (Lipinski definition) is 0. The number of aromatic nitrogens is 1. The van der Waals surface area contributed by atoms with Crippen LogP contribution >= 0.6 is 11.3 Å². The van der Waals surface area contributed by atoms with E-state index < -0.39 is 0 Å². The Labute approximate surface area is 188 Å². The van der Waals surface area contributed by atoms with Crippen molar-refractivity contribution in [3.8, 4) is 11.3 Å². The Morgan fingerprint density at radius 3 is 2.55 bits per heavy atom. The fourth-order valence-corrected chi connectivity index (χ4v) is 4.81. The molecule has 0 amide bonds. The highest BCUT2D eigenvalue weighted by atomic mass is 32.1. The van der Waals surface area contributed by atoms with Gasteiger partial charge in [-0.3, -0.25) is 10.1 Å². The minimum absolute atomic E-state index is 0.107. The van der Waals surface area contributed by atoms with Crippen molar-refractivity contribution in [2.45, 2.75) is 59.9 Å². The summed E-state index contributed by atoms with van der Waals surface area (Å²) in [5.74, 6) is 0.676. The standard InChI is InChI=1S/C25H31N3O2S/c1-17(2)8-6-9-20(5)27-24(21-10-7-11-22(15-21)28(29)30)16-31-25(27)26-23-13-12-18(3)14-19(23)4/h7,10-17,20H,6,8-9H2,1-5H3. The molecule has 0 spiro atoms. The maximum absolute atomic E-state index is 11.3. The van der Waals surface area contributed by atoms with Gasteiger partial charge >= 0.3 is 0 Å². The number of non-ortho nitro benzene ring substituents is 1. The highest BCUT2D eigenvalue weighted by molar-refractivity contribution is 7.07. The van der Waals surface area contributed by atoms with E-state index in [4.69, 9.17) is 4.99 Å². The molecule has 3 rings (SSSR count). The van der Waals surface area contributed by atoms with Crippen molar-refractivity contribution in [3.05, 3.63) is 73.9 Å². The number of nitrogens with zero attached hydrogens (tertiary/aromatic N) is 3. The van der Waals surface area contributed by atoms with Crippen LogP contribution in [0.2, 0.25) is 0 Å². The Hall–Kier alpha value is -2.73. The molecule has 0 saturated carbocycles. The predicted molar refractivity (Wildman–Crippen MR) is 129 cm³/mol. The molecule has 0 radical (unpaired) electrons. The van der Waals surface area contributed by atoms with Crippen molar-refractivity contribution in [2.24, 2.45) is 10.9 Å². The molecule has 0 saturated heterocycles. The number of hydrogen-bond acceptors (Lipinski definition) is 4. The van der Waals surface area contributed by atoms with Crippen molar-refractivity contribution in [2.75, 3.05) is 0 Å². The van der Waals surface area contributed by atoms with Gasteiger partial charge in [-0.15, -0.1) is 11.3 Å². The number of aryl methyl sites for hydroxylation is 2. The molecule has 0 aliphatic heterocycles. The SMILES string of the molecule is Cc1ccc(N=c2scc(-c3cccc([N+](=O)[O-])c3)n2C(C)CCCC(C)C)c(C)c1. The lowest BCUT2D eigenvalue weighted by Gasteiger charge is -2.18. The van der Waals surface area contributed by atoms with Gasteiger partial charge in [0.05, 0.1) is 16.3 Å². The number of thiazole rings is 1. The van der Waals surface area contributed by atoms with Gasteiger partial charge in [0.15, 0.2) is 4.80 Å². The van der Waals surface area contributed by atoms with Crippen molar-refractivity contribution in [1.82, 2.24) is 4.57 Å². The van der Waals surface area contributed by atoms with Gasteiger partial charge in [0.25, 0.3) is 5.69 Å². The molecule has 2 aromatic carbocycles. The summed E-state index contributed by atoms with van der Waals surface area (Å²) in [5, 5.41) is 13.4. The molecule has 1 heterocycles. The minimum atomic E-state index is -0.340. The van der Waals surface area contributed by atoms with Gasteiger partial charge < -0.3 is 4.57 Å². The third-order valence-electron chi connectivity index (χ3n) is 5.51. The van der Waals surface area contributed by atoms with Crippen molar-refractivity contribution in [3.63, 3.8) is 0 Å². The second-order valence-corrected chi connectivity index (χ2v) is 9.49. The molecule has 6 heteroatoms. The van der Waals surface area contributed by atoms with Gasteiger partial charge in [0.1, 0.15) is 0 Å². The van der Waals surface area contributed by atoms with Crippen molar-refractivity contribution < 1.29 is 4.92 Å². The molecule has 1 unspecified atom stereocenters. The van der Waals surface area contributed by atoms with Crippen LogP contribution in [0.15, 0.2) is 52.8 Å². The molecule has 164 valence electrons. The summed E-state index contributed by atoms with van der Waals surface area (Å²) in [6.07, 6.45) is 3.36. The van der Waals surface area contributed by atoms with Crippen LogP contribution in [0.4, 0.5) is 11.4 Å². The number of nitro benzene ring substituents is 1. The highest BCUT2D eigenvalue weighted by Crippen LogP contribution is 2.29. The highest BCUT2D eigenvalue weighted by Gasteiger charge is 2.16. The fourth-order valence-electron chi connectivity index (χ4n) is 3.80. The lowest BCUT2D eigenvalue weighted by atomic mass is 10.0. The van der Waals surface area contributed by atoms with E-state index in [0.29, 0.717) is 5.92 Å². The molecular formula is C25H31N3O2S. The Kier molecular flexibility index (Phi) is 7.44. The van der Waals surface area contributed by atoms with Gasteiger partial charge in [-0.25, -0.2) is 4.99 Å². The Morgan fingerprint density at radius 1 is 1.10 bits per heavy atom. The third kappa shape index (κ3) is 5.70. The molecule has 31 heavy (non-hydrogen) atoms. The predicted octanol–water partition coefficient (Wildman–Crippen LogP) is 7.36. The van der Waals surface area contributed by atoms with Crippen LogP contribution in [0.1, 0.15) is 57.2 Å². The van der Waals surface area contributed by atoms with Crippen LogP contribution in [0.3, 0.4) is 0 Å². The van der Waals surface area contributed by atoms with E-state index >= 15 is 0 Å². The number of nitro groups is 1. The molecule has 5 nitrogen and oxygen atoms in total. The van der Waals surface area contributed by atoms with E-state index in [1.165, 1.54) is 18.1 Å².